The van der Waals surface area contributed by atoms with Crippen molar-refractivity contribution < 1.29 is 33.1 Å². The van der Waals surface area contributed by atoms with Crippen LogP contribution in [0.2, 0.25) is 0 Å². The van der Waals surface area contributed by atoms with Crippen LogP contribution in [0.15, 0.2) is 36.5 Å². The standard InChI is InChI=1S/C25H46NO7P/c1-2-3-4-5-6-7-8-9-10-11-12-13-14-15-16-17-18-19-25(28)31-22-24(27)23-33-34(29,30)32-21-20-26/h6-7,9-10,12-13,24,27H,2-5,8,11,14-23,26H2,1H3,(H,29,30). The number of unbranched alkanes of at least 4 members (excludes halogenated alkanes) is 7. The molecule has 0 amide bonds. The number of rotatable bonds is 23. The van der Waals surface area contributed by atoms with Crippen molar-refractivity contribution in [3.05, 3.63) is 36.5 Å². The summed E-state index contributed by atoms with van der Waals surface area (Å²) in [5.74, 6) is -0.409. The Morgan fingerprint density at radius 3 is 2.09 bits per heavy atom. The second-order valence-corrected chi connectivity index (χ2v) is 9.51. The highest BCUT2D eigenvalue weighted by Crippen LogP contribution is 2.42. The Balaban J connectivity index is 3.58. The van der Waals surface area contributed by atoms with E-state index in [2.05, 4.69) is 52.4 Å². The van der Waals surface area contributed by atoms with Gasteiger partial charge in [-0.05, 0) is 44.9 Å². The maximum absolute atomic E-state index is 11.7. The zero-order valence-corrected chi connectivity index (χ0v) is 21.7. The van der Waals surface area contributed by atoms with Gasteiger partial charge >= 0.3 is 13.8 Å². The van der Waals surface area contributed by atoms with E-state index in [0.717, 1.165) is 44.9 Å². The number of nitrogens with two attached hydrogens (primary N) is 1. The summed E-state index contributed by atoms with van der Waals surface area (Å²) < 4.78 is 25.5. The van der Waals surface area contributed by atoms with Gasteiger partial charge in [-0.25, -0.2) is 4.57 Å². The number of aliphatic hydroxyl groups excluding tert-OH is 1. The largest absolute Gasteiger partial charge is 0.472 e. The van der Waals surface area contributed by atoms with Gasteiger partial charge in [-0.1, -0.05) is 69.1 Å². The van der Waals surface area contributed by atoms with Gasteiger partial charge in [-0.2, -0.15) is 0 Å². The normalized spacial score (nSPS) is 14.8. The molecule has 0 aromatic carbocycles. The number of allylic oxidation sites excluding steroid dienone is 6. The molecular formula is C25H46NO7P. The first-order chi connectivity index (χ1) is 16.4. The molecule has 0 aliphatic carbocycles. The number of esters is 1. The molecule has 0 saturated carbocycles. The minimum atomic E-state index is -4.25. The van der Waals surface area contributed by atoms with Crippen molar-refractivity contribution in [3.8, 4) is 0 Å². The summed E-state index contributed by atoms with van der Waals surface area (Å²) in [6, 6.07) is 0. The van der Waals surface area contributed by atoms with E-state index in [4.69, 9.17) is 10.5 Å². The van der Waals surface area contributed by atoms with E-state index in [9.17, 15) is 19.4 Å². The van der Waals surface area contributed by atoms with E-state index in [0.29, 0.717) is 0 Å². The first kappa shape index (κ1) is 32.7. The average Bonchev–Trinajstić information content (AvgIpc) is 2.82. The molecule has 0 aliphatic heterocycles. The molecular weight excluding hydrogens is 457 g/mol. The summed E-state index contributed by atoms with van der Waals surface area (Å²) in [4.78, 5) is 21.0. The zero-order chi connectivity index (χ0) is 25.3. The molecule has 0 aromatic heterocycles. The first-order valence-corrected chi connectivity index (χ1v) is 14.0. The van der Waals surface area contributed by atoms with E-state index in [1.165, 1.54) is 25.7 Å². The lowest BCUT2D eigenvalue weighted by Crippen LogP contribution is -2.23. The minimum absolute atomic E-state index is 0.0694. The third-order valence-electron chi connectivity index (χ3n) is 4.76. The van der Waals surface area contributed by atoms with Crippen molar-refractivity contribution in [3.63, 3.8) is 0 Å². The number of hydrogen-bond donors (Lipinski definition) is 3. The van der Waals surface area contributed by atoms with Crippen LogP contribution in [0.1, 0.15) is 84.0 Å². The van der Waals surface area contributed by atoms with Crippen LogP contribution >= 0.6 is 7.82 Å². The highest BCUT2D eigenvalue weighted by Gasteiger charge is 2.22. The van der Waals surface area contributed by atoms with Gasteiger partial charge < -0.3 is 20.5 Å². The lowest BCUT2D eigenvalue weighted by molar-refractivity contribution is -0.147. The number of carbonyl (C=O) groups excluding carboxylic acids is 1. The molecule has 198 valence electrons. The van der Waals surface area contributed by atoms with Crippen molar-refractivity contribution in [2.24, 2.45) is 5.73 Å². The monoisotopic (exact) mass is 503 g/mol. The van der Waals surface area contributed by atoms with Crippen LogP contribution in [0.3, 0.4) is 0 Å². The van der Waals surface area contributed by atoms with E-state index in [1.807, 2.05) is 0 Å². The van der Waals surface area contributed by atoms with Gasteiger partial charge in [0.25, 0.3) is 0 Å². The summed E-state index contributed by atoms with van der Waals surface area (Å²) in [5, 5.41) is 9.68. The molecule has 0 aromatic rings. The van der Waals surface area contributed by atoms with Crippen LogP contribution in [-0.4, -0.2) is 48.4 Å². The van der Waals surface area contributed by atoms with Crippen molar-refractivity contribution in [1.82, 2.24) is 0 Å². The van der Waals surface area contributed by atoms with Gasteiger partial charge in [0.2, 0.25) is 0 Å². The molecule has 0 aliphatic rings. The number of phosphoric ester groups is 1. The van der Waals surface area contributed by atoms with Gasteiger partial charge in [0, 0.05) is 13.0 Å². The molecule has 8 nitrogen and oxygen atoms in total. The average molecular weight is 504 g/mol. The van der Waals surface area contributed by atoms with Crippen molar-refractivity contribution in [2.75, 3.05) is 26.4 Å². The van der Waals surface area contributed by atoms with Crippen molar-refractivity contribution >= 4 is 13.8 Å². The van der Waals surface area contributed by atoms with E-state index < -0.39 is 26.5 Å². The number of aliphatic hydroxyl groups is 1. The van der Waals surface area contributed by atoms with Gasteiger partial charge in [-0.15, -0.1) is 0 Å². The smallest absolute Gasteiger partial charge is 0.463 e. The molecule has 0 rings (SSSR count). The van der Waals surface area contributed by atoms with Crippen LogP contribution in [0.4, 0.5) is 0 Å². The Hall–Kier alpha value is -1.28. The van der Waals surface area contributed by atoms with E-state index in [1.54, 1.807) is 0 Å². The highest BCUT2D eigenvalue weighted by atomic mass is 31.2. The summed E-state index contributed by atoms with van der Waals surface area (Å²) in [6.45, 7) is 1.37. The lowest BCUT2D eigenvalue weighted by atomic mass is 10.1. The van der Waals surface area contributed by atoms with Crippen LogP contribution in [0.5, 0.6) is 0 Å². The highest BCUT2D eigenvalue weighted by molar-refractivity contribution is 7.47. The molecule has 0 fully saturated rings. The topological polar surface area (TPSA) is 128 Å². The second-order valence-electron chi connectivity index (χ2n) is 8.06. The van der Waals surface area contributed by atoms with Crippen molar-refractivity contribution in [2.45, 2.75) is 90.1 Å². The van der Waals surface area contributed by atoms with Crippen LogP contribution in [0, 0.1) is 0 Å². The first-order valence-electron chi connectivity index (χ1n) is 12.5. The third kappa shape index (κ3) is 23.9. The Kier molecular flexibility index (Phi) is 22.6. The third-order valence-corrected chi connectivity index (χ3v) is 5.74. The second kappa shape index (κ2) is 23.5. The van der Waals surface area contributed by atoms with Crippen LogP contribution in [-0.2, 0) is 23.1 Å². The molecule has 4 N–H and O–H groups in total. The van der Waals surface area contributed by atoms with Gasteiger partial charge in [0.15, 0.2) is 0 Å². The quantitative estimate of drug-likeness (QED) is 0.0736. The molecule has 34 heavy (non-hydrogen) atoms. The summed E-state index contributed by atoms with van der Waals surface area (Å²) >= 11 is 0. The van der Waals surface area contributed by atoms with Gasteiger partial charge in [0.05, 0.1) is 13.2 Å². The Labute approximate surface area is 205 Å². The fraction of sp³-hybridized carbons (Fsp3) is 0.720. The number of phosphoric acid groups is 1. The van der Waals surface area contributed by atoms with E-state index in [-0.39, 0.29) is 26.2 Å². The summed E-state index contributed by atoms with van der Waals surface area (Å²) in [6.07, 6.45) is 24.2. The molecule has 2 atom stereocenters. The zero-order valence-electron chi connectivity index (χ0n) is 20.8. The van der Waals surface area contributed by atoms with Gasteiger partial charge in [0.1, 0.15) is 12.7 Å². The Morgan fingerprint density at radius 1 is 0.882 bits per heavy atom. The molecule has 0 bridgehead atoms. The van der Waals surface area contributed by atoms with Crippen LogP contribution in [0.25, 0.3) is 0 Å². The van der Waals surface area contributed by atoms with Crippen molar-refractivity contribution in [1.29, 1.82) is 0 Å². The maximum atomic E-state index is 11.7. The molecule has 0 radical (unpaired) electrons. The molecule has 9 heteroatoms. The Bertz CT molecular complexity index is 622. The summed E-state index contributed by atoms with van der Waals surface area (Å²) in [7, 11) is -4.25. The predicted octanol–water partition coefficient (Wildman–Crippen LogP) is 5.35. The maximum Gasteiger partial charge on any atom is 0.472 e. The minimum Gasteiger partial charge on any atom is -0.463 e. The fourth-order valence-electron chi connectivity index (χ4n) is 2.87. The predicted molar refractivity (Wildman–Crippen MR) is 136 cm³/mol. The number of hydrogen-bond acceptors (Lipinski definition) is 7. The fourth-order valence-corrected chi connectivity index (χ4v) is 3.64. The SMILES string of the molecule is CCCCCC=CCC=CCC=CCCCCCCC(=O)OCC(O)COP(=O)(O)OCCN. The van der Waals surface area contributed by atoms with Crippen LogP contribution < -0.4 is 5.73 Å². The molecule has 0 saturated heterocycles. The molecule has 0 heterocycles. The number of ether oxygens (including phenoxy) is 1. The lowest BCUT2D eigenvalue weighted by Gasteiger charge is -2.15. The summed E-state index contributed by atoms with van der Waals surface area (Å²) in [5.41, 5.74) is 5.17. The number of carbonyl (C=O) groups is 1. The Morgan fingerprint density at radius 2 is 1.47 bits per heavy atom. The van der Waals surface area contributed by atoms with Gasteiger partial charge in [-0.3, -0.25) is 13.8 Å². The molecule has 0 spiro atoms. The molecule has 2 unspecified atom stereocenters. The van der Waals surface area contributed by atoms with E-state index >= 15 is 0 Å².